The van der Waals surface area contributed by atoms with Crippen molar-refractivity contribution < 1.29 is 4.79 Å². The van der Waals surface area contributed by atoms with Gasteiger partial charge in [0, 0.05) is 17.3 Å². The van der Waals surface area contributed by atoms with Crippen LogP contribution in [0.2, 0.25) is 0 Å². The number of fused-ring (bicyclic) bond motifs is 2. The summed E-state index contributed by atoms with van der Waals surface area (Å²) in [6.07, 6.45) is 1.89. The average molecular weight is 359 g/mol. The van der Waals surface area contributed by atoms with Crippen molar-refractivity contribution in [2.75, 3.05) is 0 Å². The van der Waals surface area contributed by atoms with Crippen LogP contribution in [0.4, 0.5) is 0 Å². The second-order valence-corrected chi connectivity index (χ2v) is 6.95. The number of rotatable bonds is 4. The number of nitrogens with one attached hydrogen (secondary N) is 1. The largest absolute Gasteiger partial charge is 0.342 e. The molecule has 1 amide bonds. The molecular formula is C21H21N5O. The third-order valence-electron chi connectivity index (χ3n) is 4.65. The highest BCUT2D eigenvalue weighted by Crippen LogP contribution is 2.23. The normalized spacial score (nSPS) is 12.6. The summed E-state index contributed by atoms with van der Waals surface area (Å²) in [6, 6.07) is 15.0. The molecule has 1 aromatic carbocycles. The molecule has 3 heterocycles. The Morgan fingerprint density at radius 1 is 1.04 bits per heavy atom. The van der Waals surface area contributed by atoms with Crippen LogP contribution in [0.5, 0.6) is 0 Å². The van der Waals surface area contributed by atoms with Crippen molar-refractivity contribution in [1.29, 1.82) is 0 Å². The molecule has 0 saturated carbocycles. The minimum Gasteiger partial charge on any atom is -0.342 e. The van der Waals surface area contributed by atoms with Crippen LogP contribution in [-0.2, 0) is 0 Å². The highest BCUT2D eigenvalue weighted by Gasteiger charge is 2.19. The molecule has 1 atom stereocenters. The lowest BCUT2D eigenvalue weighted by atomic mass is 10.0. The standard InChI is InChI=1S/C21H21N5O/c1-13(2)18-12-16(15-8-4-5-9-17(15)23-18)21(27)22-14(3)20-25-24-19-10-6-7-11-26(19)20/h4-14H,1-3H3,(H,22,27). The molecule has 0 fully saturated rings. The van der Waals surface area contributed by atoms with E-state index < -0.39 is 0 Å². The van der Waals surface area contributed by atoms with Crippen LogP contribution in [0.15, 0.2) is 54.7 Å². The van der Waals surface area contributed by atoms with Crippen molar-refractivity contribution in [2.45, 2.75) is 32.7 Å². The van der Waals surface area contributed by atoms with Crippen LogP contribution in [0.25, 0.3) is 16.6 Å². The molecule has 1 unspecified atom stereocenters. The lowest BCUT2D eigenvalue weighted by molar-refractivity contribution is 0.0939. The molecule has 3 aromatic heterocycles. The van der Waals surface area contributed by atoms with Gasteiger partial charge in [-0.3, -0.25) is 14.2 Å². The number of carbonyl (C=O) groups is 1. The monoisotopic (exact) mass is 359 g/mol. The molecule has 6 nitrogen and oxygen atoms in total. The van der Waals surface area contributed by atoms with E-state index in [9.17, 15) is 4.79 Å². The van der Waals surface area contributed by atoms with Gasteiger partial charge in [0.2, 0.25) is 0 Å². The predicted molar refractivity (Wildman–Crippen MR) is 105 cm³/mol. The Labute approximate surface area is 157 Å². The Morgan fingerprint density at radius 2 is 1.81 bits per heavy atom. The molecule has 1 N–H and O–H groups in total. The van der Waals surface area contributed by atoms with E-state index in [4.69, 9.17) is 0 Å². The molecule has 0 radical (unpaired) electrons. The molecular weight excluding hydrogens is 338 g/mol. The van der Waals surface area contributed by atoms with E-state index in [0.29, 0.717) is 11.4 Å². The lowest BCUT2D eigenvalue weighted by Gasteiger charge is -2.15. The summed E-state index contributed by atoms with van der Waals surface area (Å²) >= 11 is 0. The number of aromatic nitrogens is 4. The van der Waals surface area contributed by atoms with Gasteiger partial charge in [-0.05, 0) is 37.1 Å². The van der Waals surface area contributed by atoms with Crippen molar-refractivity contribution in [1.82, 2.24) is 24.9 Å². The van der Waals surface area contributed by atoms with E-state index in [1.54, 1.807) is 0 Å². The molecule has 0 spiro atoms. The number of nitrogens with zero attached hydrogens (tertiary/aromatic N) is 4. The molecule has 0 bridgehead atoms. The minimum absolute atomic E-state index is 0.143. The number of amides is 1. The maximum Gasteiger partial charge on any atom is 0.252 e. The van der Waals surface area contributed by atoms with Gasteiger partial charge < -0.3 is 5.32 Å². The van der Waals surface area contributed by atoms with Gasteiger partial charge >= 0.3 is 0 Å². The highest BCUT2D eigenvalue weighted by molar-refractivity contribution is 6.06. The predicted octanol–water partition coefficient (Wildman–Crippen LogP) is 3.89. The van der Waals surface area contributed by atoms with Gasteiger partial charge in [0.05, 0.1) is 17.1 Å². The molecule has 0 saturated heterocycles. The van der Waals surface area contributed by atoms with E-state index in [0.717, 1.165) is 22.2 Å². The first-order valence-corrected chi connectivity index (χ1v) is 9.05. The summed E-state index contributed by atoms with van der Waals surface area (Å²) in [5, 5.41) is 12.3. The molecule has 27 heavy (non-hydrogen) atoms. The molecule has 0 aliphatic rings. The van der Waals surface area contributed by atoms with Gasteiger partial charge in [0.25, 0.3) is 5.91 Å². The number of hydrogen-bond acceptors (Lipinski definition) is 4. The van der Waals surface area contributed by atoms with E-state index in [-0.39, 0.29) is 17.9 Å². The van der Waals surface area contributed by atoms with Gasteiger partial charge in [-0.2, -0.15) is 0 Å². The SMILES string of the molecule is CC(C)c1cc(C(=O)NC(C)c2nnc3ccccn23)c2ccccc2n1. The number of carbonyl (C=O) groups excluding carboxylic acids is 1. The van der Waals surface area contributed by atoms with Crippen molar-refractivity contribution in [3.8, 4) is 0 Å². The number of para-hydroxylation sites is 1. The average Bonchev–Trinajstić information content (AvgIpc) is 3.11. The fraction of sp³-hybridized carbons (Fsp3) is 0.238. The maximum atomic E-state index is 13.1. The summed E-state index contributed by atoms with van der Waals surface area (Å²) in [6.45, 7) is 6.06. The van der Waals surface area contributed by atoms with Crippen LogP contribution in [-0.4, -0.2) is 25.5 Å². The van der Waals surface area contributed by atoms with Crippen LogP contribution >= 0.6 is 0 Å². The van der Waals surface area contributed by atoms with Crippen LogP contribution in [0.1, 0.15) is 54.6 Å². The van der Waals surface area contributed by atoms with E-state index in [1.807, 2.05) is 66.1 Å². The lowest BCUT2D eigenvalue weighted by Crippen LogP contribution is -2.28. The molecule has 0 aliphatic carbocycles. The smallest absolute Gasteiger partial charge is 0.252 e. The van der Waals surface area contributed by atoms with E-state index in [1.165, 1.54) is 0 Å². The summed E-state index contributed by atoms with van der Waals surface area (Å²) < 4.78 is 1.88. The Hall–Kier alpha value is -3.28. The van der Waals surface area contributed by atoms with Gasteiger partial charge in [-0.15, -0.1) is 10.2 Å². The summed E-state index contributed by atoms with van der Waals surface area (Å²) in [7, 11) is 0. The molecule has 4 aromatic rings. The summed E-state index contributed by atoms with van der Waals surface area (Å²) in [5.41, 5.74) is 3.11. The van der Waals surface area contributed by atoms with E-state index in [2.05, 4.69) is 34.3 Å². The van der Waals surface area contributed by atoms with Crippen molar-refractivity contribution in [3.05, 3.63) is 71.8 Å². The minimum atomic E-state index is -0.288. The first kappa shape index (κ1) is 17.1. The Balaban J connectivity index is 1.70. The van der Waals surface area contributed by atoms with Crippen LogP contribution in [0.3, 0.4) is 0 Å². The molecule has 136 valence electrons. The first-order valence-electron chi connectivity index (χ1n) is 9.05. The third-order valence-corrected chi connectivity index (χ3v) is 4.65. The number of hydrogen-bond donors (Lipinski definition) is 1. The van der Waals surface area contributed by atoms with Crippen molar-refractivity contribution >= 4 is 22.5 Å². The first-order chi connectivity index (χ1) is 13.0. The Kier molecular flexibility index (Phi) is 4.32. The van der Waals surface area contributed by atoms with Crippen molar-refractivity contribution in [3.63, 3.8) is 0 Å². The quantitative estimate of drug-likeness (QED) is 0.600. The summed E-state index contributed by atoms with van der Waals surface area (Å²) in [4.78, 5) is 17.8. The van der Waals surface area contributed by atoms with Gasteiger partial charge in [0.1, 0.15) is 0 Å². The Bertz CT molecular complexity index is 1130. The fourth-order valence-corrected chi connectivity index (χ4v) is 3.17. The number of pyridine rings is 2. The fourth-order valence-electron chi connectivity index (χ4n) is 3.17. The van der Waals surface area contributed by atoms with E-state index >= 15 is 0 Å². The summed E-state index contributed by atoms with van der Waals surface area (Å²) in [5.74, 6) is 0.788. The van der Waals surface area contributed by atoms with Crippen LogP contribution < -0.4 is 5.32 Å². The van der Waals surface area contributed by atoms with Crippen LogP contribution in [0, 0.1) is 0 Å². The molecule has 6 heteroatoms. The van der Waals surface area contributed by atoms with Gasteiger partial charge in [-0.25, -0.2) is 0 Å². The zero-order valence-electron chi connectivity index (χ0n) is 15.5. The van der Waals surface area contributed by atoms with Gasteiger partial charge in [0.15, 0.2) is 11.5 Å². The van der Waals surface area contributed by atoms with Gasteiger partial charge in [-0.1, -0.05) is 38.1 Å². The second kappa shape index (κ2) is 6.79. The zero-order valence-corrected chi connectivity index (χ0v) is 15.5. The molecule has 0 aliphatic heterocycles. The second-order valence-electron chi connectivity index (χ2n) is 6.95. The highest BCUT2D eigenvalue weighted by atomic mass is 16.1. The maximum absolute atomic E-state index is 13.1. The molecule has 4 rings (SSSR count). The third kappa shape index (κ3) is 3.14. The number of benzene rings is 1. The van der Waals surface area contributed by atoms with Crippen molar-refractivity contribution in [2.24, 2.45) is 0 Å². The topological polar surface area (TPSA) is 72.2 Å². The zero-order chi connectivity index (χ0) is 19.0. The Morgan fingerprint density at radius 3 is 2.63 bits per heavy atom.